The van der Waals surface area contributed by atoms with Gasteiger partial charge >= 0.3 is 0 Å². The van der Waals surface area contributed by atoms with Gasteiger partial charge in [0.05, 0.1) is 0 Å². The molecule has 0 heterocycles. The molecule has 0 saturated heterocycles. The largest absolute Gasteiger partial charge is 0.309 e. The van der Waals surface area contributed by atoms with Gasteiger partial charge in [0.25, 0.3) is 0 Å². The van der Waals surface area contributed by atoms with E-state index in [1.165, 1.54) is 77.0 Å². The quantitative estimate of drug-likeness (QED) is 0.436. The summed E-state index contributed by atoms with van der Waals surface area (Å²) >= 11 is 0. The Balaban J connectivity index is 1.73. The fourth-order valence-electron chi connectivity index (χ4n) is 7.60. The van der Waals surface area contributed by atoms with Crippen LogP contribution >= 0.6 is 0 Å². The first-order chi connectivity index (χ1) is 14.5. The lowest BCUT2D eigenvalue weighted by Crippen LogP contribution is -2.61. The molecule has 2 heteroatoms. The Morgan fingerprint density at radius 3 is 1.30 bits per heavy atom. The molecule has 0 radical (unpaired) electrons. The number of nitrogens with one attached hydrogen (secondary N) is 2. The zero-order valence-corrected chi connectivity index (χ0v) is 21.3. The number of hydrogen-bond acceptors (Lipinski definition) is 2. The molecule has 3 rings (SSSR count). The van der Waals surface area contributed by atoms with Crippen molar-refractivity contribution in [3.8, 4) is 0 Å². The predicted octanol–water partition coefficient (Wildman–Crippen LogP) is 7.18. The van der Waals surface area contributed by atoms with Gasteiger partial charge in [-0.25, -0.2) is 0 Å². The van der Waals surface area contributed by atoms with Gasteiger partial charge in [0, 0.05) is 24.2 Å². The molecule has 2 N–H and O–H groups in total. The Bertz CT molecular complexity index is 443. The molecule has 0 aromatic heterocycles. The Labute approximate surface area is 189 Å². The lowest BCUT2D eigenvalue weighted by atomic mass is 9.69. The number of hydrogen-bond donors (Lipinski definition) is 2. The van der Waals surface area contributed by atoms with Crippen molar-refractivity contribution in [1.82, 2.24) is 10.6 Å². The molecular weight excluding hydrogens is 364 g/mol. The monoisotopic (exact) mass is 418 g/mol. The van der Waals surface area contributed by atoms with Gasteiger partial charge in [0.1, 0.15) is 0 Å². The zero-order valence-electron chi connectivity index (χ0n) is 21.3. The fourth-order valence-corrected chi connectivity index (χ4v) is 7.60. The third-order valence-corrected chi connectivity index (χ3v) is 9.50. The molecule has 8 atom stereocenters. The van der Waals surface area contributed by atoms with E-state index in [0.717, 1.165) is 47.6 Å². The van der Waals surface area contributed by atoms with Crippen LogP contribution in [-0.4, -0.2) is 24.2 Å². The van der Waals surface area contributed by atoms with Crippen LogP contribution in [0.5, 0.6) is 0 Å². The Kier molecular flexibility index (Phi) is 9.57. The summed E-state index contributed by atoms with van der Waals surface area (Å²) in [6.45, 7) is 14.7. The summed E-state index contributed by atoms with van der Waals surface area (Å²) in [7, 11) is 0. The van der Waals surface area contributed by atoms with Crippen molar-refractivity contribution >= 4 is 0 Å². The molecule has 8 unspecified atom stereocenters. The summed E-state index contributed by atoms with van der Waals surface area (Å²) in [5.41, 5.74) is 0. The maximum atomic E-state index is 4.34. The second kappa shape index (κ2) is 11.7. The molecule has 0 aliphatic heterocycles. The van der Waals surface area contributed by atoms with E-state index in [1.54, 1.807) is 0 Å². The Morgan fingerprint density at radius 2 is 0.967 bits per heavy atom. The number of rotatable bonds is 8. The third kappa shape index (κ3) is 5.83. The molecule has 0 aromatic carbocycles. The highest BCUT2D eigenvalue weighted by Gasteiger charge is 2.40. The molecule has 0 amide bonds. The van der Waals surface area contributed by atoms with Gasteiger partial charge in [-0.05, 0) is 74.0 Å². The maximum absolute atomic E-state index is 4.34. The highest BCUT2D eigenvalue weighted by atomic mass is 15.1. The third-order valence-electron chi connectivity index (χ3n) is 9.50. The maximum Gasteiger partial charge on any atom is 0.0224 e. The van der Waals surface area contributed by atoms with E-state index in [1.807, 2.05) is 0 Å². The minimum absolute atomic E-state index is 0.685. The first kappa shape index (κ1) is 24.6. The second-order valence-corrected chi connectivity index (χ2v) is 11.9. The van der Waals surface area contributed by atoms with Crippen LogP contribution < -0.4 is 10.6 Å². The molecule has 3 aliphatic carbocycles. The van der Waals surface area contributed by atoms with E-state index < -0.39 is 0 Å². The highest BCUT2D eigenvalue weighted by molar-refractivity contribution is 4.98. The van der Waals surface area contributed by atoms with E-state index in [-0.39, 0.29) is 0 Å². The zero-order chi connectivity index (χ0) is 21.7. The molecule has 30 heavy (non-hydrogen) atoms. The van der Waals surface area contributed by atoms with Gasteiger partial charge in [-0.15, -0.1) is 0 Å². The van der Waals surface area contributed by atoms with E-state index >= 15 is 0 Å². The summed E-state index contributed by atoms with van der Waals surface area (Å²) in [4.78, 5) is 0. The Morgan fingerprint density at radius 1 is 0.567 bits per heavy atom. The molecule has 2 nitrogen and oxygen atoms in total. The van der Waals surface area contributed by atoms with Gasteiger partial charge in [0.15, 0.2) is 0 Å². The van der Waals surface area contributed by atoms with Gasteiger partial charge in [-0.2, -0.15) is 0 Å². The van der Waals surface area contributed by atoms with Crippen molar-refractivity contribution in [2.24, 2.45) is 35.5 Å². The van der Waals surface area contributed by atoms with Crippen LogP contribution in [0.15, 0.2) is 0 Å². The van der Waals surface area contributed by atoms with E-state index in [9.17, 15) is 0 Å². The summed E-state index contributed by atoms with van der Waals surface area (Å²) in [5, 5.41) is 8.69. The second-order valence-electron chi connectivity index (χ2n) is 11.9. The molecule has 3 aliphatic rings. The lowest BCUT2D eigenvalue weighted by molar-refractivity contribution is 0.0888. The van der Waals surface area contributed by atoms with E-state index in [0.29, 0.717) is 12.1 Å². The van der Waals surface area contributed by atoms with Crippen molar-refractivity contribution in [3.63, 3.8) is 0 Å². The van der Waals surface area contributed by atoms with Crippen LogP contribution in [0.4, 0.5) is 0 Å². The van der Waals surface area contributed by atoms with E-state index in [2.05, 4.69) is 52.2 Å². The van der Waals surface area contributed by atoms with Gasteiger partial charge in [-0.3, -0.25) is 0 Å². The summed E-state index contributed by atoms with van der Waals surface area (Å²) in [6, 6.07) is 2.85. The smallest absolute Gasteiger partial charge is 0.0224 e. The molecular formula is C28H54N2. The SMILES string of the molecule is CCC1CCCC(C(C)C)C1NC1CCCCC1NC1C(CC)CCCC1C(C)C. The topological polar surface area (TPSA) is 24.1 Å². The molecule has 3 fully saturated rings. The van der Waals surface area contributed by atoms with Gasteiger partial charge < -0.3 is 10.6 Å². The molecule has 0 spiro atoms. The van der Waals surface area contributed by atoms with Crippen LogP contribution in [0.2, 0.25) is 0 Å². The Hall–Kier alpha value is -0.0800. The predicted molar refractivity (Wildman–Crippen MR) is 132 cm³/mol. The lowest BCUT2D eigenvalue weighted by Gasteiger charge is -2.48. The average molecular weight is 419 g/mol. The minimum Gasteiger partial charge on any atom is -0.309 e. The van der Waals surface area contributed by atoms with E-state index in [4.69, 9.17) is 0 Å². The first-order valence-electron chi connectivity index (χ1n) is 14.0. The van der Waals surface area contributed by atoms with Crippen molar-refractivity contribution in [2.45, 2.75) is 143 Å². The summed E-state index contributed by atoms with van der Waals surface area (Å²) in [6.07, 6.45) is 16.9. The van der Waals surface area contributed by atoms with Gasteiger partial charge in [-0.1, -0.05) is 80.1 Å². The standard InChI is InChI=1S/C28H54N2/c1-7-21-13-11-15-23(19(3)4)27(21)29-25-17-9-10-18-26(25)30-28-22(8-2)14-12-16-24(28)20(5)6/h19-30H,7-18H2,1-6H3. The molecule has 0 bridgehead atoms. The van der Waals surface area contributed by atoms with Crippen molar-refractivity contribution in [1.29, 1.82) is 0 Å². The summed E-state index contributed by atoms with van der Waals surface area (Å²) in [5.74, 6) is 5.12. The normalized spacial score (nSPS) is 40.8. The van der Waals surface area contributed by atoms with Crippen molar-refractivity contribution in [3.05, 3.63) is 0 Å². The van der Waals surface area contributed by atoms with Crippen LogP contribution in [0.25, 0.3) is 0 Å². The van der Waals surface area contributed by atoms with Crippen LogP contribution in [-0.2, 0) is 0 Å². The highest BCUT2D eigenvalue weighted by Crippen LogP contribution is 2.39. The summed E-state index contributed by atoms with van der Waals surface area (Å²) < 4.78 is 0. The van der Waals surface area contributed by atoms with Crippen LogP contribution in [0, 0.1) is 35.5 Å². The van der Waals surface area contributed by atoms with Crippen LogP contribution in [0.1, 0.15) is 119 Å². The van der Waals surface area contributed by atoms with Crippen LogP contribution in [0.3, 0.4) is 0 Å². The molecule has 0 aromatic rings. The molecule has 3 saturated carbocycles. The van der Waals surface area contributed by atoms with Crippen molar-refractivity contribution in [2.75, 3.05) is 0 Å². The average Bonchev–Trinajstić information content (AvgIpc) is 2.74. The van der Waals surface area contributed by atoms with Gasteiger partial charge in [0.2, 0.25) is 0 Å². The fraction of sp³-hybridized carbons (Fsp3) is 1.00. The van der Waals surface area contributed by atoms with Crippen molar-refractivity contribution < 1.29 is 0 Å². The first-order valence-corrected chi connectivity index (χ1v) is 14.0. The molecule has 176 valence electrons. The minimum atomic E-state index is 0.685.